The van der Waals surface area contributed by atoms with Gasteiger partial charge < -0.3 is 10.6 Å². The van der Waals surface area contributed by atoms with Gasteiger partial charge in [-0.1, -0.05) is 27.5 Å². The van der Waals surface area contributed by atoms with Crippen molar-refractivity contribution in [3.63, 3.8) is 0 Å². The van der Waals surface area contributed by atoms with Crippen LogP contribution < -0.4 is 10.6 Å². The third kappa shape index (κ3) is 3.58. The maximum Gasteiger partial charge on any atom is 0.150 e. The van der Waals surface area contributed by atoms with Gasteiger partial charge in [0.25, 0.3) is 0 Å². The molecule has 2 N–H and O–H groups in total. The van der Waals surface area contributed by atoms with E-state index >= 15 is 0 Å². The van der Waals surface area contributed by atoms with Crippen molar-refractivity contribution in [3.8, 4) is 0 Å². The van der Waals surface area contributed by atoms with E-state index in [1.54, 1.807) is 0 Å². The van der Waals surface area contributed by atoms with Gasteiger partial charge in [0.05, 0.1) is 10.7 Å². The number of nitrogens with one attached hydrogen (secondary N) is 2. The van der Waals surface area contributed by atoms with E-state index in [4.69, 9.17) is 11.6 Å². The molecule has 0 radical (unpaired) electrons. The van der Waals surface area contributed by atoms with Crippen LogP contribution in [0.4, 0.5) is 17.3 Å². The Hall–Kier alpha value is -0.850. The molecule has 1 aromatic carbocycles. The van der Waals surface area contributed by atoms with E-state index in [2.05, 4.69) is 52.5 Å². The molecule has 100 valence electrons. The second-order valence-corrected chi connectivity index (χ2v) is 5.78. The summed E-state index contributed by atoms with van der Waals surface area (Å²) in [4.78, 5) is 8.36. The Kier molecular flexibility index (Phi) is 5.01. The molecule has 19 heavy (non-hydrogen) atoms. The lowest BCUT2D eigenvalue weighted by Gasteiger charge is -2.12. The van der Waals surface area contributed by atoms with Crippen molar-refractivity contribution >= 4 is 60.8 Å². The average molecular weight is 407 g/mol. The molecule has 0 saturated heterocycles. The summed E-state index contributed by atoms with van der Waals surface area (Å²) in [6, 6.07) is 5.59. The second kappa shape index (κ2) is 6.54. The summed E-state index contributed by atoms with van der Waals surface area (Å²) >= 11 is 13.0. The van der Waals surface area contributed by atoms with E-state index in [-0.39, 0.29) is 0 Å². The molecule has 0 spiro atoms. The number of hydrogen-bond acceptors (Lipinski definition) is 4. The summed E-state index contributed by atoms with van der Waals surface area (Å²) in [5.74, 6) is 1.40. The molecule has 0 aliphatic carbocycles. The van der Waals surface area contributed by atoms with E-state index in [1.165, 1.54) is 6.33 Å². The van der Waals surface area contributed by atoms with Gasteiger partial charge in [-0.2, -0.15) is 0 Å². The molecule has 2 rings (SSSR count). The zero-order valence-corrected chi connectivity index (χ0v) is 14.0. The van der Waals surface area contributed by atoms with Crippen LogP contribution in [0.15, 0.2) is 33.5 Å². The van der Waals surface area contributed by atoms with E-state index in [0.717, 1.165) is 27.0 Å². The van der Waals surface area contributed by atoms with Crippen LogP contribution in [0.2, 0.25) is 5.02 Å². The zero-order valence-electron chi connectivity index (χ0n) is 10.0. The number of anilines is 3. The largest absolute Gasteiger partial charge is 0.369 e. The van der Waals surface area contributed by atoms with E-state index in [0.29, 0.717) is 10.8 Å². The van der Waals surface area contributed by atoms with Gasteiger partial charge in [0.15, 0.2) is 0 Å². The van der Waals surface area contributed by atoms with Crippen molar-refractivity contribution in [2.24, 2.45) is 0 Å². The Labute approximate surface area is 133 Å². The molecule has 0 saturated carbocycles. The monoisotopic (exact) mass is 404 g/mol. The molecule has 0 amide bonds. The molecule has 0 fully saturated rings. The molecule has 1 aromatic heterocycles. The first-order chi connectivity index (χ1) is 9.11. The predicted octanol–water partition coefficient (Wildman–Crippen LogP) is 4.83. The van der Waals surface area contributed by atoms with Gasteiger partial charge in [0.1, 0.15) is 22.4 Å². The van der Waals surface area contributed by atoms with Crippen LogP contribution in [0.1, 0.15) is 6.92 Å². The van der Waals surface area contributed by atoms with Gasteiger partial charge in [0, 0.05) is 11.0 Å². The van der Waals surface area contributed by atoms with Gasteiger partial charge in [-0.25, -0.2) is 9.97 Å². The number of hydrogen-bond donors (Lipinski definition) is 2. The number of halogens is 3. The summed E-state index contributed by atoms with van der Waals surface area (Å²) in [5, 5.41) is 6.95. The summed E-state index contributed by atoms with van der Waals surface area (Å²) in [6.45, 7) is 2.79. The molecule has 0 atom stereocenters. The van der Waals surface area contributed by atoms with Crippen LogP contribution in [0, 0.1) is 0 Å². The minimum atomic E-state index is 0.624. The second-order valence-electron chi connectivity index (χ2n) is 3.66. The van der Waals surface area contributed by atoms with E-state index in [9.17, 15) is 0 Å². The Morgan fingerprint density at radius 3 is 2.68 bits per heavy atom. The van der Waals surface area contributed by atoms with Crippen molar-refractivity contribution in [1.82, 2.24) is 9.97 Å². The Bertz CT molecular complexity index is 592. The normalized spacial score (nSPS) is 10.3. The van der Waals surface area contributed by atoms with Gasteiger partial charge in [-0.05, 0) is 41.1 Å². The fourth-order valence-corrected chi connectivity index (χ4v) is 2.44. The van der Waals surface area contributed by atoms with Crippen molar-refractivity contribution in [2.75, 3.05) is 17.2 Å². The lowest BCUT2D eigenvalue weighted by molar-refractivity contribution is 1.10. The highest BCUT2D eigenvalue weighted by Gasteiger charge is 2.10. The third-order valence-electron chi connectivity index (χ3n) is 2.32. The SMILES string of the molecule is CCNc1ncnc(Nc2cc(Br)ccc2Cl)c1Br. The smallest absolute Gasteiger partial charge is 0.150 e. The molecule has 0 aliphatic rings. The van der Waals surface area contributed by atoms with Crippen LogP contribution in [0.3, 0.4) is 0 Å². The first-order valence-electron chi connectivity index (χ1n) is 5.58. The molecule has 1 heterocycles. The molecular formula is C12H11Br2ClN4. The predicted molar refractivity (Wildman–Crippen MR) is 86.3 cm³/mol. The number of benzene rings is 1. The molecule has 7 heteroatoms. The highest BCUT2D eigenvalue weighted by molar-refractivity contribution is 9.11. The lowest BCUT2D eigenvalue weighted by atomic mass is 10.3. The molecular weight excluding hydrogens is 395 g/mol. The molecule has 0 aliphatic heterocycles. The molecule has 2 aromatic rings. The van der Waals surface area contributed by atoms with Crippen LogP contribution in [-0.4, -0.2) is 16.5 Å². The van der Waals surface area contributed by atoms with Gasteiger partial charge in [-0.15, -0.1) is 0 Å². The standard InChI is InChI=1S/C12H11Br2ClN4/c1-2-16-11-10(14)12(18-6-17-11)19-9-5-7(13)3-4-8(9)15/h3-6H,2H2,1H3,(H2,16,17,18,19). The number of nitrogens with zero attached hydrogens (tertiary/aromatic N) is 2. The Morgan fingerprint density at radius 1 is 1.21 bits per heavy atom. The first-order valence-corrected chi connectivity index (χ1v) is 7.54. The van der Waals surface area contributed by atoms with E-state index in [1.807, 2.05) is 25.1 Å². The van der Waals surface area contributed by atoms with Gasteiger partial charge in [0.2, 0.25) is 0 Å². The topological polar surface area (TPSA) is 49.8 Å². The Balaban J connectivity index is 2.33. The number of rotatable bonds is 4. The molecule has 0 bridgehead atoms. The first kappa shape index (κ1) is 14.6. The van der Waals surface area contributed by atoms with Crippen LogP contribution in [0.25, 0.3) is 0 Å². The maximum atomic E-state index is 6.14. The summed E-state index contributed by atoms with van der Waals surface area (Å²) in [7, 11) is 0. The van der Waals surface area contributed by atoms with Crippen molar-refractivity contribution in [1.29, 1.82) is 0 Å². The minimum Gasteiger partial charge on any atom is -0.369 e. The highest BCUT2D eigenvalue weighted by Crippen LogP contribution is 2.32. The highest BCUT2D eigenvalue weighted by atomic mass is 79.9. The van der Waals surface area contributed by atoms with Crippen LogP contribution in [0.5, 0.6) is 0 Å². The number of aromatic nitrogens is 2. The minimum absolute atomic E-state index is 0.624. The van der Waals surface area contributed by atoms with Crippen LogP contribution >= 0.6 is 43.5 Å². The van der Waals surface area contributed by atoms with Crippen LogP contribution in [-0.2, 0) is 0 Å². The van der Waals surface area contributed by atoms with Crippen molar-refractivity contribution in [2.45, 2.75) is 6.92 Å². The lowest BCUT2D eigenvalue weighted by Crippen LogP contribution is -2.04. The summed E-state index contributed by atoms with van der Waals surface area (Å²) < 4.78 is 1.71. The maximum absolute atomic E-state index is 6.14. The van der Waals surface area contributed by atoms with Gasteiger partial charge in [-0.3, -0.25) is 0 Å². The molecule has 0 unspecified atom stereocenters. The quantitative estimate of drug-likeness (QED) is 0.764. The third-order valence-corrected chi connectivity index (χ3v) is 3.89. The fourth-order valence-electron chi connectivity index (χ4n) is 1.47. The summed E-state index contributed by atoms with van der Waals surface area (Å²) in [5.41, 5.74) is 0.776. The molecule has 4 nitrogen and oxygen atoms in total. The fraction of sp³-hybridized carbons (Fsp3) is 0.167. The zero-order chi connectivity index (χ0) is 13.8. The average Bonchev–Trinajstić information content (AvgIpc) is 2.39. The van der Waals surface area contributed by atoms with Crippen molar-refractivity contribution < 1.29 is 0 Å². The van der Waals surface area contributed by atoms with E-state index < -0.39 is 0 Å². The Morgan fingerprint density at radius 2 is 1.95 bits per heavy atom. The van der Waals surface area contributed by atoms with Crippen molar-refractivity contribution in [3.05, 3.63) is 38.5 Å². The van der Waals surface area contributed by atoms with Gasteiger partial charge >= 0.3 is 0 Å². The summed E-state index contributed by atoms with van der Waals surface area (Å²) in [6.07, 6.45) is 1.50.